The molecule has 80 valence electrons. The molecular formula is C13H9KO2S. The summed E-state index contributed by atoms with van der Waals surface area (Å²) in [5.74, 6) is -0.876. The van der Waals surface area contributed by atoms with Gasteiger partial charge in [-0.3, -0.25) is 0 Å². The number of thiophene rings is 1. The second kappa shape index (κ2) is 5.18. The molecule has 4 heteroatoms. The van der Waals surface area contributed by atoms with Crippen LogP contribution in [-0.4, -0.2) is 11.1 Å². The van der Waals surface area contributed by atoms with Gasteiger partial charge in [0.1, 0.15) is 0 Å². The van der Waals surface area contributed by atoms with Crippen LogP contribution in [0.15, 0.2) is 42.5 Å². The summed E-state index contributed by atoms with van der Waals surface area (Å²) in [5.41, 5.74) is 0.346. The van der Waals surface area contributed by atoms with Crippen molar-refractivity contribution in [3.05, 3.63) is 48.0 Å². The smallest absolute Gasteiger partial charge is 1.00 e. The number of hydrogen-bond acceptors (Lipinski definition) is 2. The molecule has 1 heterocycles. The first kappa shape index (κ1) is 13.2. The molecule has 0 atom stereocenters. The summed E-state index contributed by atoms with van der Waals surface area (Å²) in [5, 5.41) is 11.2. The van der Waals surface area contributed by atoms with Gasteiger partial charge in [0.25, 0.3) is 0 Å². The zero-order chi connectivity index (χ0) is 11.1. The number of carbonyl (C=O) groups is 1. The van der Waals surface area contributed by atoms with Crippen LogP contribution in [-0.2, 0) is 0 Å². The Kier molecular flexibility index (Phi) is 4.02. The molecule has 0 spiro atoms. The van der Waals surface area contributed by atoms with Crippen molar-refractivity contribution in [2.45, 2.75) is 0 Å². The van der Waals surface area contributed by atoms with Gasteiger partial charge in [0, 0.05) is 20.2 Å². The maximum absolute atomic E-state index is 10.9. The second-order valence-corrected chi connectivity index (χ2v) is 4.70. The van der Waals surface area contributed by atoms with E-state index in [1.807, 2.05) is 18.2 Å². The van der Waals surface area contributed by atoms with Crippen LogP contribution in [0.4, 0.5) is 0 Å². The third-order valence-electron chi connectivity index (χ3n) is 2.63. The van der Waals surface area contributed by atoms with Gasteiger partial charge in [-0.1, -0.05) is 24.3 Å². The van der Waals surface area contributed by atoms with Crippen molar-refractivity contribution >= 4 is 37.5 Å². The third-order valence-corrected chi connectivity index (χ3v) is 3.76. The third kappa shape index (κ3) is 2.34. The van der Waals surface area contributed by atoms with Gasteiger partial charge in [-0.2, -0.15) is 0 Å². The Morgan fingerprint density at radius 2 is 1.76 bits per heavy atom. The van der Waals surface area contributed by atoms with Gasteiger partial charge < -0.3 is 6.53 Å². The maximum atomic E-state index is 10.9. The predicted molar refractivity (Wildman–Crippen MR) is 67.4 cm³/mol. The van der Waals surface area contributed by atoms with Crippen molar-refractivity contribution < 1.29 is 62.7 Å². The number of rotatable bonds is 1. The summed E-state index contributed by atoms with van der Waals surface area (Å²) >= 11 is 1.63. The predicted octanol–water partition coefficient (Wildman–Crippen LogP) is 0.869. The fourth-order valence-electron chi connectivity index (χ4n) is 1.86. The molecule has 0 aliphatic rings. The van der Waals surface area contributed by atoms with Gasteiger partial charge in [0.05, 0.1) is 5.56 Å². The number of carboxylic acid groups (broad SMARTS) is 1. The molecule has 0 saturated heterocycles. The van der Waals surface area contributed by atoms with Crippen LogP contribution in [0.25, 0.3) is 20.2 Å². The fraction of sp³-hybridized carbons (Fsp3) is 0. The Morgan fingerprint density at radius 1 is 1.06 bits per heavy atom. The van der Waals surface area contributed by atoms with E-state index >= 15 is 0 Å². The molecule has 1 N–H and O–H groups in total. The van der Waals surface area contributed by atoms with Gasteiger partial charge in [-0.25, -0.2) is 4.79 Å². The monoisotopic (exact) mass is 268 g/mol. The van der Waals surface area contributed by atoms with Crippen molar-refractivity contribution in [2.24, 2.45) is 0 Å². The molecule has 0 saturated carbocycles. The summed E-state index contributed by atoms with van der Waals surface area (Å²) in [6, 6.07) is 13.4. The quantitative estimate of drug-likeness (QED) is 0.665. The molecule has 1 aromatic heterocycles. The Balaban J connectivity index is 0.000000810. The minimum atomic E-state index is -0.876. The molecule has 2 nitrogen and oxygen atoms in total. The minimum absolute atomic E-state index is 0. The van der Waals surface area contributed by atoms with Crippen LogP contribution < -0.4 is 51.4 Å². The molecule has 2 aromatic carbocycles. The van der Waals surface area contributed by atoms with E-state index in [1.54, 1.807) is 23.5 Å². The fourth-order valence-corrected chi connectivity index (χ4v) is 3.00. The van der Waals surface area contributed by atoms with Gasteiger partial charge in [0.15, 0.2) is 0 Å². The van der Waals surface area contributed by atoms with Crippen molar-refractivity contribution in [2.75, 3.05) is 0 Å². The van der Waals surface area contributed by atoms with Gasteiger partial charge in [-0.05, 0) is 18.2 Å². The number of hydrogen-bond donors (Lipinski definition) is 1. The van der Waals surface area contributed by atoms with E-state index in [0.29, 0.717) is 5.56 Å². The molecule has 0 amide bonds. The van der Waals surface area contributed by atoms with Gasteiger partial charge in [0.2, 0.25) is 0 Å². The molecule has 0 radical (unpaired) electrons. The molecule has 0 unspecified atom stereocenters. The van der Waals surface area contributed by atoms with Crippen molar-refractivity contribution in [3.8, 4) is 0 Å². The molecule has 0 aliphatic carbocycles. The van der Waals surface area contributed by atoms with Crippen LogP contribution in [0.3, 0.4) is 0 Å². The van der Waals surface area contributed by atoms with E-state index < -0.39 is 5.97 Å². The minimum Gasteiger partial charge on any atom is -1.00 e. The first-order valence-electron chi connectivity index (χ1n) is 4.90. The van der Waals surface area contributed by atoms with E-state index in [9.17, 15) is 4.79 Å². The maximum Gasteiger partial charge on any atom is 1.00 e. The zero-order valence-electron chi connectivity index (χ0n) is 10.3. The standard InChI is InChI=1S/C13H8O2S.K.H/c14-13(15)8-5-6-10-9-3-1-2-4-11(9)16-12(10)7-8;;/h1-7H,(H,14,15);;/q;+1;-1. The van der Waals surface area contributed by atoms with Crippen LogP contribution in [0.5, 0.6) is 0 Å². The van der Waals surface area contributed by atoms with Crippen molar-refractivity contribution in [3.63, 3.8) is 0 Å². The average Bonchev–Trinajstić information content (AvgIpc) is 2.66. The van der Waals surface area contributed by atoms with Crippen LogP contribution >= 0.6 is 11.3 Å². The van der Waals surface area contributed by atoms with E-state index in [2.05, 4.69) is 12.1 Å². The van der Waals surface area contributed by atoms with Crippen molar-refractivity contribution in [1.29, 1.82) is 0 Å². The number of carboxylic acids is 1. The molecule has 0 aliphatic heterocycles. The number of fused-ring (bicyclic) bond motifs is 3. The summed E-state index contributed by atoms with van der Waals surface area (Å²) in [6.07, 6.45) is 0. The summed E-state index contributed by atoms with van der Waals surface area (Å²) in [7, 11) is 0. The first-order valence-corrected chi connectivity index (χ1v) is 5.72. The van der Waals surface area contributed by atoms with Crippen LogP contribution in [0, 0.1) is 0 Å². The SMILES string of the molecule is O=C(O)c1ccc2c(c1)sc1ccccc12.[H-].[K+]. The largest absolute Gasteiger partial charge is 1.00 e. The van der Waals surface area contributed by atoms with Gasteiger partial charge >= 0.3 is 57.4 Å². The number of benzene rings is 2. The average molecular weight is 268 g/mol. The summed E-state index contributed by atoms with van der Waals surface area (Å²) in [4.78, 5) is 10.9. The first-order chi connectivity index (χ1) is 7.75. The van der Waals surface area contributed by atoms with Crippen LogP contribution in [0.1, 0.15) is 11.8 Å². The Labute approximate surface area is 146 Å². The van der Waals surface area contributed by atoms with E-state index in [4.69, 9.17) is 5.11 Å². The zero-order valence-corrected chi connectivity index (χ0v) is 13.2. The molecule has 3 rings (SSSR count). The topological polar surface area (TPSA) is 37.3 Å². The van der Waals surface area contributed by atoms with E-state index in [-0.39, 0.29) is 52.8 Å². The normalized spacial score (nSPS) is 10.4. The Morgan fingerprint density at radius 3 is 2.53 bits per heavy atom. The van der Waals surface area contributed by atoms with E-state index in [1.165, 1.54) is 10.1 Å². The summed E-state index contributed by atoms with van der Waals surface area (Å²) < 4.78 is 2.22. The Bertz CT molecular complexity index is 708. The summed E-state index contributed by atoms with van der Waals surface area (Å²) in [6.45, 7) is 0. The molecule has 0 fully saturated rings. The van der Waals surface area contributed by atoms with Crippen LogP contribution in [0.2, 0.25) is 0 Å². The van der Waals surface area contributed by atoms with E-state index in [0.717, 1.165) is 10.1 Å². The molecule has 0 bridgehead atoms. The number of aromatic carboxylic acids is 1. The Hall–Kier alpha value is -0.234. The molecular weight excluding hydrogens is 259 g/mol. The second-order valence-electron chi connectivity index (χ2n) is 3.61. The van der Waals surface area contributed by atoms with Gasteiger partial charge in [-0.15, -0.1) is 11.3 Å². The van der Waals surface area contributed by atoms with Crippen molar-refractivity contribution in [1.82, 2.24) is 0 Å². The molecule has 3 aromatic rings. The molecule has 17 heavy (non-hydrogen) atoms.